The van der Waals surface area contributed by atoms with Gasteiger partial charge in [-0.05, 0) is 18.4 Å². The SMILES string of the molecule is CN(Cc1ccccc1)C(=O)C1CCN(S(=O)(=O)c2cnc[nH]2)CC1. The fraction of sp³-hybridized carbons (Fsp3) is 0.412. The van der Waals surface area contributed by atoms with Crippen LogP contribution in [-0.4, -0.2) is 53.6 Å². The zero-order valence-corrected chi connectivity index (χ0v) is 14.9. The highest BCUT2D eigenvalue weighted by Gasteiger charge is 2.33. The van der Waals surface area contributed by atoms with Gasteiger partial charge in [0.1, 0.15) is 0 Å². The summed E-state index contributed by atoms with van der Waals surface area (Å²) in [4.78, 5) is 20.8. The Morgan fingerprint density at radius 2 is 1.96 bits per heavy atom. The lowest BCUT2D eigenvalue weighted by molar-refractivity contribution is -0.135. The Kier molecular flexibility index (Phi) is 5.19. The topological polar surface area (TPSA) is 86.4 Å². The van der Waals surface area contributed by atoms with Gasteiger partial charge in [-0.1, -0.05) is 30.3 Å². The van der Waals surface area contributed by atoms with Crippen LogP contribution >= 0.6 is 0 Å². The van der Waals surface area contributed by atoms with Gasteiger partial charge in [-0.25, -0.2) is 13.4 Å². The minimum absolute atomic E-state index is 0.0717. The molecule has 0 spiro atoms. The Morgan fingerprint density at radius 1 is 1.28 bits per heavy atom. The summed E-state index contributed by atoms with van der Waals surface area (Å²) in [7, 11) is -1.75. The van der Waals surface area contributed by atoms with Crippen molar-refractivity contribution in [2.24, 2.45) is 5.92 Å². The summed E-state index contributed by atoms with van der Waals surface area (Å²) < 4.78 is 26.3. The third-order valence-electron chi connectivity index (χ3n) is 4.53. The van der Waals surface area contributed by atoms with Crippen LogP contribution in [0.5, 0.6) is 0 Å². The van der Waals surface area contributed by atoms with Gasteiger partial charge in [0.05, 0.1) is 12.5 Å². The van der Waals surface area contributed by atoms with E-state index >= 15 is 0 Å². The van der Waals surface area contributed by atoms with E-state index < -0.39 is 10.0 Å². The number of carbonyl (C=O) groups excluding carboxylic acids is 1. The normalized spacial score (nSPS) is 16.7. The summed E-state index contributed by atoms with van der Waals surface area (Å²) in [6.07, 6.45) is 3.72. The second-order valence-corrected chi connectivity index (χ2v) is 8.18. The third-order valence-corrected chi connectivity index (χ3v) is 6.36. The van der Waals surface area contributed by atoms with Gasteiger partial charge >= 0.3 is 0 Å². The molecule has 0 bridgehead atoms. The fourth-order valence-electron chi connectivity index (χ4n) is 3.11. The first-order chi connectivity index (χ1) is 12.0. The molecule has 0 unspecified atom stereocenters. The molecule has 25 heavy (non-hydrogen) atoms. The number of benzene rings is 1. The number of amides is 1. The minimum Gasteiger partial charge on any atom is -0.341 e. The van der Waals surface area contributed by atoms with E-state index in [-0.39, 0.29) is 16.9 Å². The monoisotopic (exact) mass is 362 g/mol. The number of piperidine rings is 1. The van der Waals surface area contributed by atoms with Gasteiger partial charge in [0.15, 0.2) is 5.03 Å². The van der Waals surface area contributed by atoms with Crippen LogP contribution in [0.4, 0.5) is 0 Å². The first-order valence-electron chi connectivity index (χ1n) is 8.26. The Hall–Kier alpha value is -2.19. The summed E-state index contributed by atoms with van der Waals surface area (Å²) in [5, 5.41) is 0.0958. The van der Waals surface area contributed by atoms with Crippen LogP contribution in [0, 0.1) is 5.92 Å². The molecule has 0 radical (unpaired) electrons. The molecular formula is C17H22N4O3S. The lowest BCUT2D eigenvalue weighted by Crippen LogP contribution is -2.43. The molecule has 7 nitrogen and oxygen atoms in total. The molecule has 1 aliphatic heterocycles. The zero-order valence-electron chi connectivity index (χ0n) is 14.1. The van der Waals surface area contributed by atoms with E-state index in [0.29, 0.717) is 32.5 Å². The van der Waals surface area contributed by atoms with Gasteiger partial charge in [-0.3, -0.25) is 4.79 Å². The van der Waals surface area contributed by atoms with Crippen LogP contribution in [0.15, 0.2) is 47.9 Å². The minimum atomic E-state index is -3.55. The predicted octanol–water partition coefficient (Wildman–Crippen LogP) is 1.47. The second kappa shape index (κ2) is 7.37. The highest BCUT2D eigenvalue weighted by atomic mass is 32.2. The summed E-state index contributed by atoms with van der Waals surface area (Å²) in [5.41, 5.74) is 1.08. The summed E-state index contributed by atoms with van der Waals surface area (Å²) in [6.45, 7) is 1.25. The van der Waals surface area contributed by atoms with Crippen molar-refractivity contribution in [3.05, 3.63) is 48.4 Å². The molecule has 1 aliphatic rings. The molecule has 2 aromatic rings. The van der Waals surface area contributed by atoms with Gasteiger partial charge in [-0.15, -0.1) is 0 Å². The van der Waals surface area contributed by atoms with Crippen LogP contribution in [0.1, 0.15) is 18.4 Å². The third kappa shape index (κ3) is 3.91. The average molecular weight is 362 g/mol. The average Bonchev–Trinajstić information content (AvgIpc) is 3.17. The van der Waals surface area contributed by atoms with E-state index in [2.05, 4.69) is 9.97 Å². The van der Waals surface area contributed by atoms with Crippen molar-refractivity contribution in [3.63, 3.8) is 0 Å². The molecular weight excluding hydrogens is 340 g/mol. The van der Waals surface area contributed by atoms with Crippen molar-refractivity contribution in [3.8, 4) is 0 Å². The van der Waals surface area contributed by atoms with Crippen LogP contribution in [0.3, 0.4) is 0 Å². The number of sulfonamides is 1. The van der Waals surface area contributed by atoms with Crippen LogP contribution in [-0.2, 0) is 21.4 Å². The van der Waals surface area contributed by atoms with Crippen LogP contribution < -0.4 is 0 Å². The van der Waals surface area contributed by atoms with Crippen molar-refractivity contribution in [1.29, 1.82) is 0 Å². The first kappa shape index (κ1) is 17.6. The maximum atomic E-state index is 12.6. The van der Waals surface area contributed by atoms with E-state index in [1.165, 1.54) is 16.8 Å². The summed E-state index contributed by atoms with van der Waals surface area (Å²) >= 11 is 0. The number of nitrogens with one attached hydrogen (secondary N) is 1. The molecule has 3 rings (SSSR count). The van der Waals surface area contributed by atoms with Crippen molar-refractivity contribution in [2.75, 3.05) is 20.1 Å². The highest BCUT2D eigenvalue weighted by Crippen LogP contribution is 2.24. The number of rotatable bonds is 5. The van der Waals surface area contributed by atoms with Gasteiger partial charge in [0, 0.05) is 32.6 Å². The number of aromatic amines is 1. The number of hydrogen-bond acceptors (Lipinski definition) is 4. The maximum Gasteiger partial charge on any atom is 0.260 e. The number of carbonyl (C=O) groups is 1. The quantitative estimate of drug-likeness (QED) is 0.873. The largest absolute Gasteiger partial charge is 0.341 e. The number of nitrogens with zero attached hydrogens (tertiary/aromatic N) is 3. The molecule has 1 amide bonds. The molecule has 0 saturated carbocycles. The Morgan fingerprint density at radius 3 is 2.56 bits per heavy atom. The zero-order chi connectivity index (χ0) is 17.9. The van der Waals surface area contributed by atoms with E-state index in [1.807, 2.05) is 30.3 Å². The van der Waals surface area contributed by atoms with E-state index in [1.54, 1.807) is 11.9 Å². The molecule has 0 aliphatic carbocycles. The van der Waals surface area contributed by atoms with Crippen LogP contribution in [0.25, 0.3) is 0 Å². The van der Waals surface area contributed by atoms with Crippen LogP contribution in [0.2, 0.25) is 0 Å². The predicted molar refractivity (Wildman–Crippen MR) is 93.0 cm³/mol. The van der Waals surface area contributed by atoms with E-state index in [0.717, 1.165) is 5.56 Å². The summed E-state index contributed by atoms with van der Waals surface area (Å²) in [6, 6.07) is 9.83. The fourth-order valence-corrected chi connectivity index (χ4v) is 4.48. The van der Waals surface area contributed by atoms with Gasteiger partial charge in [0.2, 0.25) is 5.91 Å². The highest BCUT2D eigenvalue weighted by molar-refractivity contribution is 7.89. The van der Waals surface area contributed by atoms with Gasteiger partial charge in [-0.2, -0.15) is 4.31 Å². The number of aromatic nitrogens is 2. The van der Waals surface area contributed by atoms with E-state index in [9.17, 15) is 13.2 Å². The molecule has 1 aromatic heterocycles. The van der Waals surface area contributed by atoms with Crippen molar-refractivity contribution in [2.45, 2.75) is 24.4 Å². The number of hydrogen-bond donors (Lipinski definition) is 1. The van der Waals surface area contributed by atoms with Gasteiger partial charge < -0.3 is 9.88 Å². The van der Waals surface area contributed by atoms with Crippen molar-refractivity contribution >= 4 is 15.9 Å². The number of H-pyrrole nitrogens is 1. The Labute approximate surface area is 147 Å². The number of imidazole rings is 1. The second-order valence-electron chi connectivity index (χ2n) is 6.27. The molecule has 0 atom stereocenters. The molecule has 8 heteroatoms. The molecule has 1 fully saturated rings. The van der Waals surface area contributed by atoms with Crippen molar-refractivity contribution < 1.29 is 13.2 Å². The molecule has 1 aromatic carbocycles. The molecule has 1 saturated heterocycles. The smallest absolute Gasteiger partial charge is 0.260 e. The molecule has 2 heterocycles. The van der Waals surface area contributed by atoms with Gasteiger partial charge in [0.25, 0.3) is 10.0 Å². The Balaban J connectivity index is 1.57. The van der Waals surface area contributed by atoms with E-state index in [4.69, 9.17) is 0 Å². The molecule has 134 valence electrons. The maximum absolute atomic E-state index is 12.6. The lowest BCUT2D eigenvalue weighted by Gasteiger charge is -2.32. The first-order valence-corrected chi connectivity index (χ1v) is 9.70. The summed E-state index contributed by atoms with van der Waals surface area (Å²) in [5.74, 6) is -0.0654. The lowest BCUT2D eigenvalue weighted by atomic mass is 9.96. The molecule has 1 N–H and O–H groups in total. The standard InChI is InChI=1S/C17H22N4O3S/c1-20(12-14-5-3-2-4-6-14)17(22)15-7-9-21(10-8-15)25(23,24)16-11-18-13-19-16/h2-6,11,13,15H,7-10,12H2,1H3,(H,18,19). The van der Waals surface area contributed by atoms with Crippen molar-refractivity contribution in [1.82, 2.24) is 19.2 Å². The Bertz CT molecular complexity index is 798.